The Morgan fingerprint density at radius 2 is 1.96 bits per heavy atom. The van der Waals surface area contributed by atoms with E-state index in [4.69, 9.17) is 9.47 Å². The van der Waals surface area contributed by atoms with Gasteiger partial charge in [0.05, 0.1) is 66.9 Å². The SMILES string of the molecule is COc1ccc(S(C)(=O)=O)cc1NCC#Cc1cc(C(=O)N[C@@H]2[C@@H](C)CN(C3COC3)C[C@@H]2F)c2ncn(CC(F)(F)F)c2c1. The smallest absolute Gasteiger partial charge is 0.406 e. The molecule has 2 aliphatic rings. The molecule has 10 nitrogen and oxygen atoms in total. The molecule has 2 aliphatic heterocycles. The predicted octanol–water partition coefficient (Wildman–Crippen LogP) is 3.26. The molecule has 1 amide bonds. The van der Waals surface area contributed by atoms with Gasteiger partial charge < -0.3 is 24.7 Å². The molecule has 0 bridgehead atoms. The van der Waals surface area contributed by atoms with Gasteiger partial charge in [0, 0.05) is 24.9 Å². The second-order valence-electron chi connectivity index (χ2n) is 11.3. The molecule has 2 saturated heterocycles. The van der Waals surface area contributed by atoms with Crippen LogP contribution in [-0.4, -0.2) is 99.4 Å². The molecular formula is C30H33F4N5O5S. The van der Waals surface area contributed by atoms with Gasteiger partial charge in [-0.1, -0.05) is 18.8 Å². The molecular weight excluding hydrogens is 618 g/mol. The van der Waals surface area contributed by atoms with Crippen molar-refractivity contribution in [2.45, 2.75) is 42.8 Å². The monoisotopic (exact) mass is 651 g/mol. The largest absolute Gasteiger partial charge is 0.495 e. The molecule has 15 heteroatoms. The van der Waals surface area contributed by atoms with Crippen LogP contribution in [0.25, 0.3) is 11.0 Å². The van der Waals surface area contributed by atoms with E-state index in [9.17, 15) is 26.4 Å². The molecule has 0 radical (unpaired) electrons. The molecule has 3 atom stereocenters. The predicted molar refractivity (Wildman–Crippen MR) is 159 cm³/mol. The Balaban J connectivity index is 1.40. The highest BCUT2D eigenvalue weighted by atomic mass is 32.2. The molecule has 0 saturated carbocycles. The minimum absolute atomic E-state index is 0.0105. The Bertz CT molecular complexity index is 1730. The van der Waals surface area contributed by atoms with E-state index in [1.807, 2.05) is 11.8 Å². The molecule has 0 unspecified atom stereocenters. The first-order chi connectivity index (χ1) is 21.2. The Kier molecular flexibility index (Phi) is 9.29. The number of ether oxygens (including phenoxy) is 2. The van der Waals surface area contributed by atoms with E-state index in [2.05, 4.69) is 27.5 Å². The maximum Gasteiger partial charge on any atom is 0.406 e. The van der Waals surface area contributed by atoms with Gasteiger partial charge in [-0.3, -0.25) is 9.69 Å². The van der Waals surface area contributed by atoms with Gasteiger partial charge in [-0.25, -0.2) is 17.8 Å². The summed E-state index contributed by atoms with van der Waals surface area (Å²) in [5.41, 5.74) is 0.667. The highest BCUT2D eigenvalue weighted by Crippen LogP contribution is 2.29. The van der Waals surface area contributed by atoms with Crippen molar-refractivity contribution >= 4 is 32.5 Å². The number of methoxy groups -OCH3 is 1. The van der Waals surface area contributed by atoms with Gasteiger partial charge >= 0.3 is 6.18 Å². The van der Waals surface area contributed by atoms with Crippen LogP contribution < -0.4 is 15.4 Å². The number of anilines is 1. The van der Waals surface area contributed by atoms with Crippen molar-refractivity contribution < 1.29 is 40.2 Å². The average molecular weight is 652 g/mol. The van der Waals surface area contributed by atoms with E-state index in [0.717, 1.165) is 17.2 Å². The summed E-state index contributed by atoms with van der Waals surface area (Å²) in [5.74, 6) is 5.18. The number of carbonyl (C=O) groups is 1. The van der Waals surface area contributed by atoms with Gasteiger partial charge in [0.25, 0.3) is 5.91 Å². The van der Waals surface area contributed by atoms with Crippen LogP contribution in [0, 0.1) is 17.8 Å². The van der Waals surface area contributed by atoms with E-state index in [1.54, 1.807) is 0 Å². The number of hydrogen-bond donors (Lipinski definition) is 2. The Hall–Kier alpha value is -3.87. The number of amides is 1. The number of piperidine rings is 1. The number of nitrogens with zero attached hydrogens (tertiary/aromatic N) is 3. The molecule has 3 aromatic rings. The van der Waals surface area contributed by atoms with Crippen molar-refractivity contribution in [1.29, 1.82) is 0 Å². The summed E-state index contributed by atoms with van der Waals surface area (Å²) in [7, 11) is -2.05. The second kappa shape index (κ2) is 12.9. The lowest BCUT2D eigenvalue weighted by molar-refractivity contribution is -0.139. The third kappa shape index (κ3) is 7.51. The van der Waals surface area contributed by atoms with Crippen molar-refractivity contribution in [1.82, 2.24) is 19.8 Å². The van der Waals surface area contributed by atoms with E-state index >= 15 is 4.39 Å². The van der Waals surface area contributed by atoms with Gasteiger partial charge in [-0.05, 0) is 36.2 Å². The fourth-order valence-corrected chi connectivity index (χ4v) is 6.16. The first-order valence-corrected chi connectivity index (χ1v) is 16.1. The first kappa shape index (κ1) is 32.5. The maximum atomic E-state index is 15.3. The van der Waals surface area contributed by atoms with Crippen LogP contribution in [0.1, 0.15) is 22.8 Å². The number of carbonyl (C=O) groups excluding carboxylic acids is 1. The van der Waals surface area contributed by atoms with Crippen LogP contribution in [0.15, 0.2) is 41.6 Å². The standard InChI is InChI=1S/C30H33F4N5O5S/c1-18-12-38(20-14-44-15-20)13-23(31)27(18)37-29(40)22-9-19(10-25-28(22)36-17-39(25)16-30(32,33)34)5-4-8-35-24-11-21(45(3,41)42)6-7-26(24)43-2/h6-7,9-11,17-18,20,23,27,35H,8,12-16H2,1-3H3,(H,37,40)/t18-,23-,27+/m0/s1. The molecule has 1 aromatic heterocycles. The zero-order chi connectivity index (χ0) is 32.5. The Morgan fingerprint density at radius 3 is 2.58 bits per heavy atom. The third-order valence-corrected chi connectivity index (χ3v) is 9.00. The Morgan fingerprint density at radius 1 is 1.20 bits per heavy atom. The van der Waals surface area contributed by atoms with Crippen LogP contribution in [-0.2, 0) is 21.1 Å². The number of imidazole rings is 1. The van der Waals surface area contributed by atoms with Crippen molar-refractivity contribution in [2.24, 2.45) is 5.92 Å². The summed E-state index contributed by atoms with van der Waals surface area (Å²) in [4.78, 5) is 19.7. The minimum atomic E-state index is -4.54. The van der Waals surface area contributed by atoms with E-state index in [0.29, 0.717) is 31.2 Å². The van der Waals surface area contributed by atoms with Gasteiger partial charge in [0.2, 0.25) is 0 Å². The second-order valence-corrected chi connectivity index (χ2v) is 13.3. The van der Waals surface area contributed by atoms with E-state index in [-0.39, 0.29) is 52.1 Å². The summed E-state index contributed by atoms with van der Waals surface area (Å²) < 4.78 is 90.6. The Labute approximate surface area is 258 Å². The zero-order valence-electron chi connectivity index (χ0n) is 24.8. The van der Waals surface area contributed by atoms with Gasteiger partial charge in [-0.15, -0.1) is 0 Å². The van der Waals surface area contributed by atoms with Crippen molar-refractivity contribution in [3.05, 3.63) is 47.8 Å². The van der Waals surface area contributed by atoms with Crippen molar-refractivity contribution in [2.75, 3.05) is 51.5 Å². The number of benzene rings is 2. The number of fused-ring (bicyclic) bond motifs is 1. The average Bonchev–Trinajstić information content (AvgIpc) is 3.32. The molecule has 0 spiro atoms. The molecule has 45 heavy (non-hydrogen) atoms. The van der Waals surface area contributed by atoms with Crippen LogP contribution >= 0.6 is 0 Å². The summed E-state index contributed by atoms with van der Waals surface area (Å²) in [6.07, 6.45) is -3.82. The number of rotatable bonds is 8. The highest BCUT2D eigenvalue weighted by molar-refractivity contribution is 7.90. The topological polar surface area (TPSA) is 115 Å². The van der Waals surface area contributed by atoms with Crippen LogP contribution in [0.3, 0.4) is 0 Å². The zero-order valence-corrected chi connectivity index (χ0v) is 25.6. The van der Waals surface area contributed by atoms with Crippen LogP contribution in [0.2, 0.25) is 0 Å². The summed E-state index contributed by atoms with van der Waals surface area (Å²) >= 11 is 0. The lowest BCUT2D eigenvalue weighted by Gasteiger charge is -2.45. The van der Waals surface area contributed by atoms with Gasteiger partial charge in [0.15, 0.2) is 9.84 Å². The first-order valence-electron chi connectivity index (χ1n) is 14.2. The number of sulfone groups is 1. The lowest BCUT2D eigenvalue weighted by Crippen LogP contribution is -2.62. The number of aromatic nitrogens is 2. The van der Waals surface area contributed by atoms with E-state index < -0.39 is 40.7 Å². The number of nitrogens with one attached hydrogen (secondary N) is 2. The molecule has 3 heterocycles. The molecule has 2 aromatic carbocycles. The molecule has 0 aliphatic carbocycles. The molecule has 5 rings (SSSR count). The molecule has 242 valence electrons. The normalized spacial score (nSPS) is 21.1. The van der Waals surface area contributed by atoms with Crippen LogP contribution in [0.4, 0.5) is 23.2 Å². The fraction of sp³-hybridized carbons (Fsp3) is 0.467. The number of alkyl halides is 4. The fourth-order valence-electron chi connectivity index (χ4n) is 5.52. The number of halogens is 4. The highest BCUT2D eigenvalue weighted by Gasteiger charge is 2.40. The summed E-state index contributed by atoms with van der Waals surface area (Å²) in [6, 6.07) is 6.48. The van der Waals surface area contributed by atoms with Gasteiger partial charge in [-0.2, -0.15) is 13.2 Å². The van der Waals surface area contributed by atoms with Gasteiger partial charge in [0.1, 0.15) is 24.0 Å². The van der Waals surface area contributed by atoms with Crippen molar-refractivity contribution in [3.63, 3.8) is 0 Å². The summed E-state index contributed by atoms with van der Waals surface area (Å²) in [5, 5.41) is 5.74. The van der Waals surface area contributed by atoms with Crippen LogP contribution in [0.5, 0.6) is 5.75 Å². The number of likely N-dealkylation sites (tertiary alicyclic amines) is 1. The van der Waals surface area contributed by atoms with E-state index in [1.165, 1.54) is 37.4 Å². The third-order valence-electron chi connectivity index (χ3n) is 7.89. The summed E-state index contributed by atoms with van der Waals surface area (Å²) in [6.45, 7) is 2.30. The maximum absolute atomic E-state index is 15.3. The molecule has 2 N–H and O–H groups in total. The lowest BCUT2D eigenvalue weighted by atomic mass is 9.90. The quantitative estimate of drug-likeness (QED) is 0.282. The van der Waals surface area contributed by atoms with Crippen molar-refractivity contribution in [3.8, 4) is 17.6 Å². The molecule has 2 fully saturated rings. The number of hydrogen-bond acceptors (Lipinski definition) is 8. The minimum Gasteiger partial charge on any atom is -0.495 e.